The quantitative estimate of drug-likeness (QED) is 0.498. The molecule has 0 fully saturated rings. The van der Waals surface area contributed by atoms with Crippen molar-refractivity contribution in [2.24, 2.45) is 0 Å². The van der Waals surface area contributed by atoms with Crippen LogP contribution in [0.15, 0.2) is 0 Å². The summed E-state index contributed by atoms with van der Waals surface area (Å²) in [6.07, 6.45) is 1.26. The number of hydrogen-bond donors (Lipinski definition) is 4. The van der Waals surface area contributed by atoms with Gasteiger partial charge in [-0.25, -0.2) is 0 Å². The fourth-order valence-electron chi connectivity index (χ4n) is 2.70. The first kappa shape index (κ1) is 17.2. The predicted molar refractivity (Wildman–Crippen MR) is 86.2 cm³/mol. The molecule has 0 saturated heterocycles. The van der Waals surface area contributed by atoms with E-state index in [1.807, 2.05) is 0 Å². The third-order valence-corrected chi connectivity index (χ3v) is 3.93. The summed E-state index contributed by atoms with van der Waals surface area (Å²) in [6, 6.07) is 0. The average molecular weight is 330 g/mol. The molecule has 126 valence electrons. The summed E-state index contributed by atoms with van der Waals surface area (Å²) in [5.74, 6) is -1.08. The highest BCUT2D eigenvalue weighted by Gasteiger charge is 2.21. The molecule has 2 aromatic rings. The van der Waals surface area contributed by atoms with Crippen molar-refractivity contribution in [2.45, 2.75) is 27.7 Å². The number of H-pyrrole nitrogens is 2. The fraction of sp³-hybridized carbons (Fsp3) is 0.250. The normalized spacial score (nSPS) is 10.3. The van der Waals surface area contributed by atoms with Crippen LogP contribution < -0.4 is 10.9 Å². The Morgan fingerprint density at radius 2 is 1.08 bits per heavy atom. The standard InChI is InChI=1S/C16H18N4O4/c1-7-11(5-21)17-9(3)13(7)15(23)19-20-16(24)14-8(2)12(6-22)18-10(14)4/h5-6,17-18H,1-4H3,(H,19,23)(H,20,24). The molecule has 0 atom stereocenters. The van der Waals surface area contributed by atoms with Crippen LogP contribution in [0.3, 0.4) is 0 Å². The number of rotatable bonds is 4. The molecule has 0 spiro atoms. The number of aromatic nitrogens is 2. The fourth-order valence-corrected chi connectivity index (χ4v) is 2.70. The van der Waals surface area contributed by atoms with E-state index in [2.05, 4.69) is 20.8 Å². The van der Waals surface area contributed by atoms with Crippen molar-refractivity contribution in [3.05, 3.63) is 45.0 Å². The third-order valence-electron chi connectivity index (χ3n) is 3.93. The van der Waals surface area contributed by atoms with Gasteiger partial charge in [-0.3, -0.25) is 30.0 Å². The average Bonchev–Trinajstić information content (AvgIpc) is 2.99. The predicted octanol–water partition coefficient (Wildman–Crippen LogP) is 1.28. The minimum absolute atomic E-state index is 0.300. The van der Waals surface area contributed by atoms with Gasteiger partial charge in [0.25, 0.3) is 11.8 Å². The summed E-state index contributed by atoms with van der Waals surface area (Å²) in [7, 11) is 0. The summed E-state index contributed by atoms with van der Waals surface area (Å²) in [4.78, 5) is 51.9. The highest BCUT2D eigenvalue weighted by molar-refractivity contribution is 6.03. The number of nitrogens with one attached hydrogen (secondary N) is 4. The first-order valence-corrected chi connectivity index (χ1v) is 7.21. The second kappa shape index (κ2) is 6.53. The molecular weight excluding hydrogens is 312 g/mol. The summed E-state index contributed by atoms with van der Waals surface area (Å²) >= 11 is 0. The summed E-state index contributed by atoms with van der Waals surface area (Å²) in [6.45, 7) is 6.60. The molecule has 4 N–H and O–H groups in total. The highest BCUT2D eigenvalue weighted by atomic mass is 16.2. The molecule has 2 heterocycles. The van der Waals surface area contributed by atoms with Gasteiger partial charge in [0.2, 0.25) is 0 Å². The van der Waals surface area contributed by atoms with Gasteiger partial charge >= 0.3 is 0 Å². The molecule has 2 rings (SSSR count). The molecule has 0 saturated carbocycles. The maximum Gasteiger partial charge on any atom is 0.271 e. The lowest BCUT2D eigenvalue weighted by atomic mass is 10.1. The molecule has 8 nitrogen and oxygen atoms in total. The molecule has 0 bridgehead atoms. The Balaban J connectivity index is 2.17. The third kappa shape index (κ3) is 2.85. The van der Waals surface area contributed by atoms with Gasteiger partial charge < -0.3 is 9.97 Å². The van der Waals surface area contributed by atoms with E-state index in [1.165, 1.54) is 0 Å². The smallest absolute Gasteiger partial charge is 0.271 e. The molecule has 0 unspecified atom stereocenters. The van der Waals surface area contributed by atoms with E-state index < -0.39 is 11.8 Å². The van der Waals surface area contributed by atoms with Crippen molar-refractivity contribution in [1.82, 2.24) is 20.8 Å². The summed E-state index contributed by atoms with van der Waals surface area (Å²) in [5, 5.41) is 0. The van der Waals surface area contributed by atoms with Crippen molar-refractivity contribution < 1.29 is 19.2 Å². The number of amides is 2. The molecule has 2 aromatic heterocycles. The van der Waals surface area contributed by atoms with Gasteiger partial charge in [0.05, 0.1) is 22.5 Å². The van der Waals surface area contributed by atoms with Gasteiger partial charge in [-0.2, -0.15) is 0 Å². The Labute approximate surface area is 138 Å². The van der Waals surface area contributed by atoms with E-state index in [1.54, 1.807) is 27.7 Å². The van der Waals surface area contributed by atoms with E-state index in [9.17, 15) is 19.2 Å². The van der Waals surface area contributed by atoms with Crippen LogP contribution in [0.1, 0.15) is 64.2 Å². The molecule has 0 aromatic carbocycles. The van der Waals surface area contributed by atoms with Crippen molar-refractivity contribution in [1.29, 1.82) is 0 Å². The first-order chi connectivity index (χ1) is 11.3. The zero-order valence-electron chi connectivity index (χ0n) is 13.8. The van der Waals surface area contributed by atoms with E-state index in [0.29, 0.717) is 57.6 Å². The molecule has 8 heteroatoms. The van der Waals surface area contributed by atoms with Gasteiger partial charge in [-0.05, 0) is 38.8 Å². The van der Waals surface area contributed by atoms with E-state index in [0.717, 1.165) is 0 Å². The van der Waals surface area contributed by atoms with Crippen molar-refractivity contribution >= 4 is 24.4 Å². The largest absolute Gasteiger partial charge is 0.356 e. The van der Waals surface area contributed by atoms with Gasteiger partial charge in [0.15, 0.2) is 12.6 Å². The number of carbonyl (C=O) groups excluding carboxylic acids is 4. The van der Waals surface area contributed by atoms with Crippen molar-refractivity contribution in [3.8, 4) is 0 Å². The van der Waals surface area contributed by atoms with Crippen molar-refractivity contribution in [2.75, 3.05) is 0 Å². The summed E-state index contributed by atoms with van der Waals surface area (Å²) < 4.78 is 0. The van der Waals surface area contributed by atoms with Crippen LogP contribution in [0.25, 0.3) is 0 Å². The molecule has 24 heavy (non-hydrogen) atoms. The molecule has 0 aliphatic rings. The Kier molecular flexibility index (Phi) is 4.68. The van der Waals surface area contributed by atoms with Crippen LogP contribution in [0, 0.1) is 27.7 Å². The minimum atomic E-state index is -0.538. The lowest BCUT2D eigenvalue weighted by molar-refractivity contribution is 0.0845. The second-order valence-electron chi connectivity index (χ2n) is 5.47. The van der Waals surface area contributed by atoms with E-state index in [-0.39, 0.29) is 0 Å². The Hall–Kier alpha value is -3.16. The van der Waals surface area contributed by atoms with Crippen LogP contribution >= 0.6 is 0 Å². The van der Waals surface area contributed by atoms with Crippen LogP contribution in [0.5, 0.6) is 0 Å². The number of aldehydes is 2. The molecule has 0 radical (unpaired) electrons. The van der Waals surface area contributed by atoms with Crippen LogP contribution in [0.4, 0.5) is 0 Å². The topological polar surface area (TPSA) is 124 Å². The van der Waals surface area contributed by atoms with Crippen LogP contribution in [0.2, 0.25) is 0 Å². The maximum absolute atomic E-state index is 12.3. The number of hydrazine groups is 1. The zero-order valence-corrected chi connectivity index (χ0v) is 13.8. The zero-order chi connectivity index (χ0) is 18.0. The lowest BCUT2D eigenvalue weighted by Gasteiger charge is -2.08. The lowest BCUT2D eigenvalue weighted by Crippen LogP contribution is -2.42. The maximum atomic E-state index is 12.3. The number of aryl methyl sites for hydroxylation is 2. The Morgan fingerprint density at radius 3 is 1.33 bits per heavy atom. The minimum Gasteiger partial charge on any atom is -0.356 e. The monoisotopic (exact) mass is 330 g/mol. The number of aromatic amines is 2. The first-order valence-electron chi connectivity index (χ1n) is 7.21. The number of hydrogen-bond acceptors (Lipinski definition) is 4. The Bertz CT molecular complexity index is 775. The molecule has 0 aliphatic heterocycles. The summed E-state index contributed by atoms with van der Waals surface area (Å²) in [5.41, 5.74) is 7.94. The number of carbonyl (C=O) groups is 4. The van der Waals surface area contributed by atoms with E-state index in [4.69, 9.17) is 0 Å². The Morgan fingerprint density at radius 1 is 0.750 bits per heavy atom. The second-order valence-corrected chi connectivity index (χ2v) is 5.47. The van der Waals surface area contributed by atoms with E-state index >= 15 is 0 Å². The van der Waals surface area contributed by atoms with Crippen molar-refractivity contribution in [3.63, 3.8) is 0 Å². The SMILES string of the molecule is Cc1[nH]c(C=O)c(C)c1C(=O)NNC(=O)c1c(C)[nH]c(C=O)c1C. The molecule has 2 amide bonds. The van der Waals surface area contributed by atoms with Gasteiger partial charge in [0, 0.05) is 11.4 Å². The highest BCUT2D eigenvalue weighted by Crippen LogP contribution is 2.17. The van der Waals surface area contributed by atoms with Gasteiger partial charge in [-0.15, -0.1) is 0 Å². The van der Waals surface area contributed by atoms with Gasteiger partial charge in [0.1, 0.15) is 0 Å². The van der Waals surface area contributed by atoms with Crippen LogP contribution in [-0.4, -0.2) is 34.4 Å². The van der Waals surface area contributed by atoms with Crippen LogP contribution in [-0.2, 0) is 0 Å². The molecular formula is C16H18N4O4. The van der Waals surface area contributed by atoms with Gasteiger partial charge in [-0.1, -0.05) is 0 Å². The molecule has 0 aliphatic carbocycles.